The molecule has 0 atom stereocenters. The number of benzene rings is 1. The Bertz CT molecular complexity index is 1130. The first-order valence-corrected chi connectivity index (χ1v) is 13.7. The molecule has 0 saturated carbocycles. The van der Waals surface area contributed by atoms with E-state index < -0.39 is 31.3 Å². The molecule has 2 radical (unpaired) electrons. The number of nitrogens with zero attached hydrogens (tertiary/aromatic N) is 1. The Morgan fingerprint density at radius 1 is 0.775 bits per heavy atom. The van der Waals surface area contributed by atoms with Gasteiger partial charge in [0.1, 0.15) is 0 Å². The van der Waals surface area contributed by atoms with Crippen LogP contribution in [0.4, 0.5) is 26.3 Å². The van der Waals surface area contributed by atoms with E-state index >= 15 is 0 Å². The number of hydrogen-bond acceptors (Lipinski definition) is 6. The summed E-state index contributed by atoms with van der Waals surface area (Å²) >= 11 is 0. The Morgan fingerprint density at radius 2 is 1.05 bits per heavy atom. The summed E-state index contributed by atoms with van der Waals surface area (Å²) in [5.41, 5.74) is -7.75. The fourth-order valence-electron chi connectivity index (χ4n) is 2.38. The molecule has 1 aromatic carbocycles. The molecule has 0 saturated heterocycles. The molecule has 16 heteroatoms. The Morgan fingerprint density at radius 3 is 1.23 bits per heavy atom. The SMILES string of the molecule is CC(C)C1=C[CH+]C=C(C(C)C)C1=[N-].O=S(=O)([O-])C(F)(F)F.O=S(=O)([O-])C(F)(F)F.[CH]C(C)(C)c1ccccc1.[Mo+2]. The summed E-state index contributed by atoms with van der Waals surface area (Å²) in [4.78, 5) is 0. The maximum Gasteiger partial charge on any atom is 2.00 e. The second-order valence-electron chi connectivity index (χ2n) is 8.98. The van der Waals surface area contributed by atoms with Gasteiger partial charge < -0.3 is 14.5 Å². The minimum atomic E-state index is -6.09. The van der Waals surface area contributed by atoms with Crippen LogP contribution < -0.4 is 0 Å². The van der Waals surface area contributed by atoms with E-state index in [1.165, 1.54) is 5.56 Å². The minimum absolute atomic E-state index is 0. The fraction of sp³-hybridized carbons (Fsp3) is 0.458. The molecule has 0 heterocycles. The first kappa shape index (κ1) is 42.8. The zero-order valence-corrected chi connectivity index (χ0v) is 25.9. The van der Waals surface area contributed by atoms with Crippen LogP contribution in [0, 0.1) is 25.2 Å². The summed E-state index contributed by atoms with van der Waals surface area (Å²) in [6, 6.07) is 10.1. The summed E-state index contributed by atoms with van der Waals surface area (Å²) in [6.45, 7) is 18.2. The Kier molecular flexibility index (Phi) is 17.9. The van der Waals surface area contributed by atoms with Crippen LogP contribution in [0.2, 0.25) is 0 Å². The van der Waals surface area contributed by atoms with Gasteiger partial charge in [-0.2, -0.15) is 26.3 Å². The molecule has 0 unspecified atom stereocenters. The second-order valence-corrected chi connectivity index (χ2v) is 11.7. The largest absolute Gasteiger partial charge is 2.00 e. The van der Waals surface area contributed by atoms with Gasteiger partial charge in [-0.15, -0.1) is 0 Å². The number of hydrogen-bond donors (Lipinski definition) is 0. The van der Waals surface area contributed by atoms with Gasteiger partial charge in [-0.3, -0.25) is 0 Å². The molecule has 1 aromatic rings. The third kappa shape index (κ3) is 16.6. The summed E-state index contributed by atoms with van der Waals surface area (Å²) in [6.07, 6.45) is 6.00. The van der Waals surface area contributed by atoms with Gasteiger partial charge in [-0.25, -0.2) is 16.8 Å². The molecule has 0 aliphatic heterocycles. The van der Waals surface area contributed by atoms with Gasteiger partial charge in [0.25, 0.3) is 0 Å². The molecule has 0 N–H and O–H groups in total. The average molecular weight is 702 g/mol. The third-order valence-corrected chi connectivity index (χ3v) is 5.56. The van der Waals surface area contributed by atoms with Crippen LogP contribution in [0.15, 0.2) is 53.6 Å². The van der Waals surface area contributed by atoms with Crippen LogP contribution in [0.3, 0.4) is 0 Å². The van der Waals surface area contributed by atoms with E-state index in [-0.39, 0.29) is 26.5 Å². The molecular weight excluding hydrogens is 672 g/mol. The molecule has 0 bridgehead atoms. The molecule has 2 rings (SSSR count). The van der Waals surface area contributed by atoms with Crippen LogP contribution in [0.25, 0.3) is 5.41 Å². The summed E-state index contributed by atoms with van der Waals surface area (Å²) in [5, 5.41) is 9.93. The van der Waals surface area contributed by atoms with Crippen LogP contribution >= 0.6 is 0 Å². The molecule has 0 aromatic heterocycles. The van der Waals surface area contributed by atoms with Gasteiger partial charge >= 0.3 is 32.1 Å². The van der Waals surface area contributed by atoms with Crippen molar-refractivity contribution in [3.8, 4) is 0 Å². The molecule has 0 spiro atoms. The smallest absolute Gasteiger partial charge is 0.778 e. The van der Waals surface area contributed by atoms with E-state index in [9.17, 15) is 31.8 Å². The van der Waals surface area contributed by atoms with Crippen molar-refractivity contribution in [2.45, 2.75) is 58.0 Å². The van der Waals surface area contributed by atoms with Crippen molar-refractivity contribution in [3.63, 3.8) is 0 Å². The van der Waals surface area contributed by atoms with E-state index in [1.807, 2.05) is 62.8 Å². The number of allylic oxidation sites excluding steroid dienone is 4. The van der Waals surface area contributed by atoms with Crippen molar-refractivity contribution in [1.82, 2.24) is 0 Å². The fourth-order valence-corrected chi connectivity index (χ4v) is 2.38. The zero-order chi connectivity index (χ0) is 31.6. The minimum Gasteiger partial charge on any atom is -0.778 e. The van der Waals surface area contributed by atoms with Crippen molar-refractivity contribution in [2.24, 2.45) is 11.8 Å². The van der Waals surface area contributed by atoms with E-state index in [0.29, 0.717) is 17.5 Å². The molecular formula is C24H29F6MoNO6S2. The Labute approximate surface area is 246 Å². The number of rotatable bonds is 3. The standard InChI is InChI=1S/C12H17N.C10H12.2CHF3O3S.Mo/c1-8(2)10-6-5-7-11(9(3)4)12(10)13;1-10(2,3)9-7-5-4-6-8-9;2*2-1(3,4)8(5,6)7;/h5-9H,1-4H3;1,4-8H,2-3H3;2*(H,5,6,7);/q;;;;+2/p-2. The summed E-state index contributed by atoms with van der Waals surface area (Å²) in [7, 11) is -12.2. The molecule has 1 aliphatic carbocycles. The number of alkyl halides is 6. The quantitative estimate of drug-likeness (QED) is 0.122. The van der Waals surface area contributed by atoms with Gasteiger partial charge in [-0.1, -0.05) is 44.2 Å². The van der Waals surface area contributed by atoms with E-state index in [2.05, 4.69) is 27.7 Å². The monoisotopic (exact) mass is 703 g/mol. The van der Waals surface area contributed by atoms with E-state index in [4.69, 9.17) is 32.9 Å². The van der Waals surface area contributed by atoms with Gasteiger partial charge in [0.2, 0.25) is 0 Å². The predicted molar refractivity (Wildman–Crippen MR) is 134 cm³/mol. The van der Waals surface area contributed by atoms with Crippen LogP contribution in [0.1, 0.15) is 47.1 Å². The normalized spacial score (nSPS) is 14.1. The molecule has 0 fully saturated rings. The molecule has 7 nitrogen and oxygen atoms in total. The van der Waals surface area contributed by atoms with Crippen molar-refractivity contribution >= 4 is 25.9 Å². The average Bonchev–Trinajstić information content (AvgIpc) is 2.72. The van der Waals surface area contributed by atoms with Crippen LogP contribution in [-0.4, -0.2) is 42.7 Å². The van der Waals surface area contributed by atoms with E-state index in [1.54, 1.807) is 0 Å². The topological polar surface area (TPSA) is 137 Å². The summed E-state index contributed by atoms with van der Waals surface area (Å²) in [5.74, 6) is 0.775. The third-order valence-electron chi connectivity index (χ3n) is 4.43. The van der Waals surface area contributed by atoms with Crippen molar-refractivity contribution in [1.29, 1.82) is 0 Å². The zero-order valence-electron chi connectivity index (χ0n) is 22.2. The van der Waals surface area contributed by atoms with Crippen molar-refractivity contribution in [2.75, 3.05) is 0 Å². The van der Waals surface area contributed by atoms with Gasteiger partial charge in [0, 0.05) is 41.6 Å². The first-order chi connectivity index (χ1) is 17.1. The second kappa shape index (κ2) is 16.7. The van der Waals surface area contributed by atoms with Crippen LogP contribution in [0.5, 0.6) is 0 Å². The van der Waals surface area contributed by atoms with Gasteiger partial charge in [0.15, 0.2) is 20.2 Å². The first-order valence-electron chi connectivity index (χ1n) is 10.8. The number of halogens is 6. The summed E-state index contributed by atoms with van der Waals surface area (Å²) < 4.78 is 118. The molecule has 40 heavy (non-hydrogen) atoms. The maximum atomic E-state index is 10.7. The van der Waals surface area contributed by atoms with Crippen LogP contribution in [-0.2, 0) is 46.7 Å². The Hall–Kier alpha value is -1.67. The molecule has 226 valence electrons. The molecule has 0 amide bonds. The van der Waals surface area contributed by atoms with Crippen molar-refractivity contribution < 1.29 is 73.3 Å². The van der Waals surface area contributed by atoms with Gasteiger partial charge in [0.05, 0.1) is 0 Å². The molecule has 1 aliphatic rings. The van der Waals surface area contributed by atoms with E-state index in [0.717, 1.165) is 11.1 Å². The maximum absolute atomic E-state index is 10.7. The van der Waals surface area contributed by atoms with Gasteiger partial charge in [-0.05, 0) is 51.3 Å². The van der Waals surface area contributed by atoms with Crippen molar-refractivity contribution in [3.05, 3.63) is 77.9 Å². The Balaban J connectivity index is -0.000000463. The predicted octanol–water partition coefficient (Wildman–Crippen LogP) is 6.16.